The van der Waals surface area contributed by atoms with Crippen LogP contribution in [0.5, 0.6) is 0 Å². The van der Waals surface area contributed by atoms with Gasteiger partial charge in [0.15, 0.2) is 0 Å². The maximum absolute atomic E-state index is 4.79. The molecule has 0 saturated heterocycles. The van der Waals surface area contributed by atoms with Gasteiger partial charge in [-0.1, -0.05) is 31.4 Å². The molecule has 1 aliphatic heterocycles. The van der Waals surface area contributed by atoms with E-state index in [1.807, 2.05) is 24.3 Å². The fraction of sp³-hybridized carbons (Fsp3) is 0.222. The minimum Gasteiger partial charge on any atom is -0.385 e. The van der Waals surface area contributed by atoms with Crippen LogP contribution in [0.15, 0.2) is 83.7 Å². The molecular weight excluding hydrogens is 422 g/mol. The number of rotatable bonds is 9. The van der Waals surface area contributed by atoms with Crippen LogP contribution in [0, 0.1) is 0 Å². The molecule has 7 nitrogen and oxygen atoms in total. The molecular formula is C27H31N7. The highest BCUT2D eigenvalue weighted by atomic mass is 15.2. The van der Waals surface area contributed by atoms with E-state index in [1.165, 1.54) is 11.1 Å². The number of aliphatic imine (C=N–C) groups is 2. The van der Waals surface area contributed by atoms with Gasteiger partial charge in [0.2, 0.25) is 0 Å². The Morgan fingerprint density at radius 2 is 2.12 bits per heavy atom. The molecule has 0 atom stereocenters. The summed E-state index contributed by atoms with van der Waals surface area (Å²) < 4.78 is 0. The number of anilines is 1. The van der Waals surface area contributed by atoms with E-state index in [9.17, 15) is 0 Å². The predicted molar refractivity (Wildman–Crippen MR) is 143 cm³/mol. The summed E-state index contributed by atoms with van der Waals surface area (Å²) in [7, 11) is 0. The smallest absolute Gasteiger partial charge is 0.127 e. The molecule has 3 N–H and O–H groups in total. The van der Waals surface area contributed by atoms with Gasteiger partial charge in [-0.3, -0.25) is 15.1 Å². The molecule has 0 amide bonds. The standard InChI is InChI=1S/C27H31N7/c1-18(2)31-19(3)16-34-17-23-12-21(6-8-25(23)20(34)4)14-29-27(10-11-28-5)32-24-7-9-26-22(13-24)15-30-33-26/h6-13,15,18,31H,3-5,14,16-17H2,1-2H3,(H,29,32)(H,30,33)/b11-10-. The van der Waals surface area contributed by atoms with Gasteiger partial charge < -0.3 is 15.5 Å². The van der Waals surface area contributed by atoms with Gasteiger partial charge in [-0.25, -0.2) is 0 Å². The molecule has 7 heteroatoms. The van der Waals surface area contributed by atoms with E-state index in [2.05, 4.69) is 82.6 Å². The number of nitrogens with zero attached hydrogens (tertiary/aromatic N) is 4. The van der Waals surface area contributed by atoms with Crippen molar-refractivity contribution in [3.8, 4) is 0 Å². The van der Waals surface area contributed by atoms with Crippen molar-refractivity contribution in [2.75, 3.05) is 11.9 Å². The third kappa shape index (κ3) is 5.43. The fourth-order valence-electron chi connectivity index (χ4n) is 4.07. The largest absolute Gasteiger partial charge is 0.385 e. The number of H-pyrrole nitrogens is 1. The van der Waals surface area contributed by atoms with Crippen LogP contribution in [-0.4, -0.2) is 40.2 Å². The molecule has 174 valence electrons. The summed E-state index contributed by atoms with van der Waals surface area (Å²) in [5, 5.41) is 14.8. The molecule has 1 aromatic heterocycles. The number of hydrogen-bond acceptors (Lipinski definition) is 5. The van der Waals surface area contributed by atoms with E-state index >= 15 is 0 Å². The molecule has 0 bridgehead atoms. The van der Waals surface area contributed by atoms with Gasteiger partial charge in [0.25, 0.3) is 0 Å². The lowest BCUT2D eigenvalue weighted by Crippen LogP contribution is -2.29. The van der Waals surface area contributed by atoms with Crippen LogP contribution in [0.25, 0.3) is 16.6 Å². The van der Waals surface area contributed by atoms with Crippen LogP contribution in [0.2, 0.25) is 0 Å². The Labute approximate surface area is 200 Å². The topological polar surface area (TPSA) is 80.7 Å². The second kappa shape index (κ2) is 10.2. The molecule has 34 heavy (non-hydrogen) atoms. The average Bonchev–Trinajstić information content (AvgIpc) is 3.39. The summed E-state index contributed by atoms with van der Waals surface area (Å²) in [6.45, 7) is 18.3. The molecule has 0 fully saturated rings. The highest BCUT2D eigenvalue weighted by molar-refractivity contribution is 6.04. The highest BCUT2D eigenvalue weighted by Gasteiger charge is 2.22. The lowest BCUT2D eigenvalue weighted by molar-refractivity contribution is 0.428. The summed E-state index contributed by atoms with van der Waals surface area (Å²) in [5.74, 6) is 0.706. The van der Waals surface area contributed by atoms with E-state index < -0.39 is 0 Å². The van der Waals surface area contributed by atoms with Crippen molar-refractivity contribution >= 4 is 34.8 Å². The molecule has 1 aliphatic rings. The van der Waals surface area contributed by atoms with E-state index in [0.717, 1.165) is 46.6 Å². The van der Waals surface area contributed by atoms with Crippen LogP contribution in [0.4, 0.5) is 5.69 Å². The number of fused-ring (bicyclic) bond motifs is 2. The number of aromatic nitrogens is 2. The Morgan fingerprint density at radius 3 is 2.91 bits per heavy atom. The number of hydrogen-bond donors (Lipinski definition) is 3. The number of amidine groups is 1. The fourth-order valence-corrected chi connectivity index (χ4v) is 4.07. The van der Waals surface area contributed by atoms with Gasteiger partial charge in [0, 0.05) is 46.8 Å². The van der Waals surface area contributed by atoms with Gasteiger partial charge in [-0.2, -0.15) is 5.10 Å². The van der Waals surface area contributed by atoms with E-state index in [4.69, 9.17) is 4.99 Å². The minimum atomic E-state index is 0.366. The first-order chi connectivity index (χ1) is 16.4. The minimum absolute atomic E-state index is 0.366. The zero-order chi connectivity index (χ0) is 24.1. The van der Waals surface area contributed by atoms with Gasteiger partial charge in [-0.05, 0) is 56.0 Å². The third-order valence-electron chi connectivity index (χ3n) is 5.58. The number of benzene rings is 2. The molecule has 0 aliphatic carbocycles. The maximum atomic E-state index is 4.79. The summed E-state index contributed by atoms with van der Waals surface area (Å²) >= 11 is 0. The maximum Gasteiger partial charge on any atom is 0.127 e. The first-order valence-electron chi connectivity index (χ1n) is 11.3. The van der Waals surface area contributed by atoms with Crippen molar-refractivity contribution in [1.29, 1.82) is 0 Å². The first kappa shape index (κ1) is 23.0. The first-order valence-corrected chi connectivity index (χ1v) is 11.3. The van der Waals surface area contributed by atoms with Crippen LogP contribution in [0.3, 0.4) is 0 Å². The molecule has 0 spiro atoms. The van der Waals surface area contributed by atoms with Crippen LogP contribution in [-0.2, 0) is 13.1 Å². The van der Waals surface area contributed by atoms with E-state index in [-0.39, 0.29) is 0 Å². The van der Waals surface area contributed by atoms with Crippen LogP contribution < -0.4 is 10.6 Å². The normalized spacial score (nSPS) is 13.7. The second-order valence-electron chi connectivity index (χ2n) is 8.69. The average molecular weight is 454 g/mol. The third-order valence-corrected chi connectivity index (χ3v) is 5.58. The van der Waals surface area contributed by atoms with Crippen molar-refractivity contribution < 1.29 is 0 Å². The van der Waals surface area contributed by atoms with Crippen LogP contribution in [0.1, 0.15) is 30.5 Å². The van der Waals surface area contributed by atoms with Crippen molar-refractivity contribution in [3.63, 3.8) is 0 Å². The molecule has 3 aromatic rings. The second-order valence-corrected chi connectivity index (χ2v) is 8.69. The zero-order valence-corrected chi connectivity index (χ0v) is 19.8. The Morgan fingerprint density at radius 1 is 1.26 bits per heavy atom. The number of nitrogens with one attached hydrogen (secondary N) is 3. The highest BCUT2D eigenvalue weighted by Crippen LogP contribution is 2.32. The summed E-state index contributed by atoms with van der Waals surface area (Å²) in [6, 6.07) is 12.8. The number of aromatic amines is 1. The Kier molecular flexibility index (Phi) is 6.92. The zero-order valence-electron chi connectivity index (χ0n) is 19.8. The molecule has 0 saturated carbocycles. The molecule has 0 unspecified atom stereocenters. The van der Waals surface area contributed by atoms with Crippen LogP contribution >= 0.6 is 0 Å². The Hall–Kier alpha value is -4.13. The van der Waals surface area contributed by atoms with Gasteiger partial charge in [0.1, 0.15) is 5.84 Å². The summed E-state index contributed by atoms with van der Waals surface area (Å²) in [6.07, 6.45) is 5.25. The molecule has 2 aromatic carbocycles. The summed E-state index contributed by atoms with van der Waals surface area (Å²) in [5.41, 5.74) is 7.54. The molecule has 4 rings (SSSR count). The lowest BCUT2D eigenvalue weighted by atomic mass is 10.1. The SMILES string of the molecule is C=N/C=C\C(=NCc1ccc2c(c1)CN(CC(=C)NC(C)C)C2=C)Nc1ccc2[nH]ncc2c1. The van der Waals surface area contributed by atoms with Gasteiger partial charge >= 0.3 is 0 Å². The Bertz CT molecular complexity index is 1280. The van der Waals surface area contributed by atoms with Crippen molar-refractivity contribution in [2.24, 2.45) is 9.98 Å². The van der Waals surface area contributed by atoms with Crippen molar-refractivity contribution in [1.82, 2.24) is 20.4 Å². The van der Waals surface area contributed by atoms with E-state index in [1.54, 1.807) is 12.4 Å². The predicted octanol–water partition coefficient (Wildman–Crippen LogP) is 5.09. The molecule has 2 heterocycles. The van der Waals surface area contributed by atoms with Crippen molar-refractivity contribution in [3.05, 3.63) is 90.4 Å². The van der Waals surface area contributed by atoms with E-state index in [0.29, 0.717) is 18.4 Å². The monoisotopic (exact) mass is 453 g/mol. The van der Waals surface area contributed by atoms with Gasteiger partial charge in [-0.15, -0.1) is 0 Å². The van der Waals surface area contributed by atoms with Gasteiger partial charge in [0.05, 0.1) is 24.8 Å². The Balaban J connectivity index is 1.47. The van der Waals surface area contributed by atoms with Crippen molar-refractivity contribution in [2.45, 2.75) is 33.0 Å². The lowest BCUT2D eigenvalue weighted by Gasteiger charge is -2.22. The summed E-state index contributed by atoms with van der Waals surface area (Å²) in [4.78, 5) is 10.9. The quantitative estimate of drug-likeness (QED) is 0.312. The molecule has 0 radical (unpaired) electrons.